The Morgan fingerprint density at radius 3 is 2.74 bits per heavy atom. The Morgan fingerprint density at radius 2 is 2.09 bits per heavy atom. The maximum atomic E-state index is 13.3. The summed E-state index contributed by atoms with van der Waals surface area (Å²) in [4.78, 5) is 27.3. The predicted octanol–water partition coefficient (Wildman–Crippen LogP) is 0.956. The van der Waals surface area contributed by atoms with Gasteiger partial charge in [-0.05, 0) is 39.0 Å². The summed E-state index contributed by atoms with van der Waals surface area (Å²) in [5, 5.41) is 14.2. The number of aromatic amines is 1. The lowest BCUT2D eigenvalue weighted by Gasteiger charge is -2.39. The summed E-state index contributed by atoms with van der Waals surface area (Å²) in [5.74, 6) is 0.101. The van der Waals surface area contributed by atoms with Crippen molar-refractivity contribution in [2.75, 3.05) is 13.2 Å². The molecule has 1 saturated heterocycles. The first-order valence-corrected chi connectivity index (χ1v) is 8.40. The SMILES string of the molecule is CCOC(=O)C1CCCCN1C(=O)C1(c2nn[nH]n2)CCCC1. The number of rotatable bonds is 4. The van der Waals surface area contributed by atoms with E-state index in [1.807, 2.05) is 0 Å². The fourth-order valence-electron chi connectivity index (χ4n) is 3.81. The van der Waals surface area contributed by atoms with Crippen LogP contribution >= 0.6 is 0 Å². The molecule has 8 nitrogen and oxygen atoms in total. The van der Waals surface area contributed by atoms with E-state index >= 15 is 0 Å². The van der Waals surface area contributed by atoms with Crippen LogP contribution in [-0.2, 0) is 19.7 Å². The molecule has 1 aromatic heterocycles. The Morgan fingerprint density at radius 1 is 1.30 bits per heavy atom. The number of nitrogens with zero attached hydrogens (tertiary/aromatic N) is 4. The topological polar surface area (TPSA) is 101 Å². The van der Waals surface area contributed by atoms with Crippen molar-refractivity contribution in [1.29, 1.82) is 0 Å². The Kier molecular flexibility index (Phi) is 4.58. The maximum Gasteiger partial charge on any atom is 0.328 e. The number of piperidine rings is 1. The van der Waals surface area contributed by atoms with Gasteiger partial charge in [-0.25, -0.2) is 4.79 Å². The normalized spacial score (nSPS) is 23.7. The predicted molar refractivity (Wildman–Crippen MR) is 80.3 cm³/mol. The number of tetrazole rings is 1. The fourth-order valence-corrected chi connectivity index (χ4v) is 3.81. The molecule has 0 bridgehead atoms. The van der Waals surface area contributed by atoms with Crippen molar-refractivity contribution in [3.8, 4) is 0 Å². The third-order valence-corrected chi connectivity index (χ3v) is 4.96. The zero-order valence-electron chi connectivity index (χ0n) is 13.5. The van der Waals surface area contributed by atoms with Crippen LogP contribution in [0.2, 0.25) is 0 Å². The molecule has 1 unspecified atom stereocenters. The van der Waals surface area contributed by atoms with Crippen LogP contribution in [0.15, 0.2) is 0 Å². The lowest BCUT2D eigenvalue weighted by molar-refractivity contribution is -0.159. The number of carbonyl (C=O) groups is 2. The number of amides is 1. The first kappa shape index (κ1) is 15.9. The van der Waals surface area contributed by atoms with Gasteiger partial charge in [0.2, 0.25) is 5.91 Å². The lowest BCUT2D eigenvalue weighted by atomic mass is 9.82. The van der Waals surface area contributed by atoms with Crippen LogP contribution in [0, 0.1) is 0 Å². The summed E-state index contributed by atoms with van der Waals surface area (Å²) in [7, 11) is 0. The van der Waals surface area contributed by atoms with Gasteiger partial charge in [0, 0.05) is 6.54 Å². The number of hydrogen-bond acceptors (Lipinski definition) is 6. The van der Waals surface area contributed by atoms with E-state index in [2.05, 4.69) is 20.6 Å². The molecular formula is C15H23N5O3. The molecule has 1 amide bonds. The molecule has 1 aliphatic carbocycles. The summed E-state index contributed by atoms with van der Waals surface area (Å²) >= 11 is 0. The van der Waals surface area contributed by atoms with Gasteiger partial charge in [0.15, 0.2) is 5.82 Å². The van der Waals surface area contributed by atoms with Gasteiger partial charge in [0.05, 0.1) is 6.61 Å². The van der Waals surface area contributed by atoms with E-state index in [1.54, 1.807) is 11.8 Å². The Hall–Kier alpha value is -1.99. The van der Waals surface area contributed by atoms with Gasteiger partial charge in [0.25, 0.3) is 0 Å². The van der Waals surface area contributed by atoms with Gasteiger partial charge < -0.3 is 9.64 Å². The highest BCUT2D eigenvalue weighted by Gasteiger charge is 2.50. The van der Waals surface area contributed by atoms with E-state index in [-0.39, 0.29) is 11.9 Å². The van der Waals surface area contributed by atoms with E-state index < -0.39 is 11.5 Å². The zero-order chi connectivity index (χ0) is 16.3. The largest absolute Gasteiger partial charge is 0.464 e. The molecule has 2 fully saturated rings. The highest BCUT2D eigenvalue weighted by Crippen LogP contribution is 2.41. The summed E-state index contributed by atoms with van der Waals surface area (Å²) in [6.07, 6.45) is 5.82. The maximum absolute atomic E-state index is 13.3. The Labute approximate surface area is 134 Å². The second kappa shape index (κ2) is 6.64. The van der Waals surface area contributed by atoms with Gasteiger partial charge in [0.1, 0.15) is 11.5 Å². The van der Waals surface area contributed by atoms with E-state index in [0.717, 1.165) is 25.7 Å². The molecule has 8 heteroatoms. The zero-order valence-corrected chi connectivity index (χ0v) is 13.5. The number of nitrogens with one attached hydrogen (secondary N) is 1. The Bertz CT molecular complexity index is 553. The van der Waals surface area contributed by atoms with Gasteiger partial charge in [-0.3, -0.25) is 4.79 Å². The van der Waals surface area contributed by atoms with Crippen molar-refractivity contribution < 1.29 is 14.3 Å². The van der Waals surface area contributed by atoms with Crippen LogP contribution in [0.4, 0.5) is 0 Å². The van der Waals surface area contributed by atoms with Crippen LogP contribution in [0.25, 0.3) is 0 Å². The number of likely N-dealkylation sites (tertiary alicyclic amines) is 1. The second-order valence-corrected chi connectivity index (χ2v) is 6.29. The molecule has 1 aliphatic heterocycles. The Balaban J connectivity index is 1.88. The van der Waals surface area contributed by atoms with Crippen LogP contribution in [-0.4, -0.2) is 56.6 Å². The average molecular weight is 321 g/mol. The monoisotopic (exact) mass is 321 g/mol. The number of aromatic nitrogens is 4. The number of hydrogen-bond donors (Lipinski definition) is 1. The lowest BCUT2D eigenvalue weighted by Crippen LogP contribution is -2.55. The molecule has 0 aromatic carbocycles. The highest BCUT2D eigenvalue weighted by molar-refractivity contribution is 5.91. The van der Waals surface area contributed by atoms with Crippen molar-refractivity contribution in [1.82, 2.24) is 25.5 Å². The van der Waals surface area contributed by atoms with Crippen LogP contribution in [0.1, 0.15) is 57.7 Å². The summed E-state index contributed by atoms with van der Waals surface area (Å²) in [5.41, 5.74) is -0.741. The molecule has 0 spiro atoms. The van der Waals surface area contributed by atoms with Gasteiger partial charge in [-0.15, -0.1) is 10.2 Å². The molecule has 1 aromatic rings. The first-order chi connectivity index (χ1) is 11.2. The summed E-state index contributed by atoms with van der Waals surface area (Å²) in [6.45, 7) is 2.69. The fraction of sp³-hybridized carbons (Fsp3) is 0.800. The minimum atomic E-state index is -0.741. The molecule has 2 heterocycles. The van der Waals surface area contributed by atoms with Crippen molar-refractivity contribution >= 4 is 11.9 Å². The third-order valence-electron chi connectivity index (χ3n) is 4.96. The first-order valence-electron chi connectivity index (χ1n) is 8.40. The van der Waals surface area contributed by atoms with E-state index in [4.69, 9.17) is 4.74 Å². The van der Waals surface area contributed by atoms with Crippen molar-refractivity contribution in [3.63, 3.8) is 0 Å². The highest BCUT2D eigenvalue weighted by atomic mass is 16.5. The number of ether oxygens (including phenoxy) is 1. The standard InChI is InChI=1S/C15H23N5O3/c1-2-23-12(21)11-7-3-6-10-20(11)14(22)15(8-4-5-9-15)13-16-18-19-17-13/h11H,2-10H2,1H3,(H,16,17,18,19). The van der Waals surface area contributed by atoms with Crippen molar-refractivity contribution in [2.45, 2.75) is 63.3 Å². The molecule has 126 valence electrons. The van der Waals surface area contributed by atoms with Crippen LogP contribution in [0.5, 0.6) is 0 Å². The molecule has 0 radical (unpaired) electrons. The smallest absolute Gasteiger partial charge is 0.328 e. The second-order valence-electron chi connectivity index (χ2n) is 6.29. The van der Waals surface area contributed by atoms with Crippen molar-refractivity contribution in [3.05, 3.63) is 5.82 Å². The minimum absolute atomic E-state index is 0.0471. The van der Waals surface area contributed by atoms with Crippen LogP contribution in [0.3, 0.4) is 0 Å². The van der Waals surface area contributed by atoms with E-state index in [9.17, 15) is 9.59 Å². The number of esters is 1. The molecule has 2 aliphatic rings. The summed E-state index contributed by atoms with van der Waals surface area (Å²) < 4.78 is 5.17. The van der Waals surface area contributed by atoms with Gasteiger partial charge in [-0.1, -0.05) is 18.1 Å². The number of H-pyrrole nitrogens is 1. The minimum Gasteiger partial charge on any atom is -0.464 e. The quantitative estimate of drug-likeness (QED) is 0.829. The molecule has 1 atom stereocenters. The van der Waals surface area contributed by atoms with Crippen molar-refractivity contribution in [2.24, 2.45) is 0 Å². The molecule has 1 saturated carbocycles. The van der Waals surface area contributed by atoms with Gasteiger partial charge >= 0.3 is 5.97 Å². The van der Waals surface area contributed by atoms with Crippen LogP contribution < -0.4 is 0 Å². The number of carbonyl (C=O) groups excluding carboxylic acids is 2. The summed E-state index contributed by atoms with van der Waals surface area (Å²) in [6, 6.07) is -0.486. The third kappa shape index (κ3) is 2.82. The van der Waals surface area contributed by atoms with Gasteiger partial charge in [-0.2, -0.15) is 5.21 Å². The molecule has 23 heavy (non-hydrogen) atoms. The molecular weight excluding hydrogens is 298 g/mol. The molecule has 1 N–H and O–H groups in total. The molecule has 3 rings (SSSR count). The average Bonchev–Trinajstić information content (AvgIpc) is 3.26. The van der Waals surface area contributed by atoms with E-state index in [0.29, 0.717) is 38.2 Å². The van der Waals surface area contributed by atoms with E-state index in [1.165, 1.54) is 0 Å².